The molecule has 0 unspecified atom stereocenters. The fraction of sp³-hybridized carbons (Fsp3) is 0.320. The molecule has 1 fully saturated rings. The van der Waals surface area contributed by atoms with Crippen molar-refractivity contribution in [1.82, 2.24) is 30.6 Å². The topological polar surface area (TPSA) is 155 Å². The summed E-state index contributed by atoms with van der Waals surface area (Å²) in [5, 5.41) is 13.0. The normalized spacial score (nSPS) is 12.8. The number of urea groups is 1. The third-order valence-corrected chi connectivity index (χ3v) is 5.56. The van der Waals surface area contributed by atoms with Crippen molar-refractivity contribution in [3.05, 3.63) is 65.2 Å². The molecule has 1 aromatic heterocycles. The molecule has 13 heteroatoms. The van der Waals surface area contributed by atoms with Crippen LogP contribution in [0.1, 0.15) is 16.7 Å². The molecule has 0 saturated carbocycles. The van der Waals surface area contributed by atoms with Gasteiger partial charge >= 0.3 is 6.03 Å². The van der Waals surface area contributed by atoms with Gasteiger partial charge in [0.25, 0.3) is 0 Å². The van der Waals surface area contributed by atoms with E-state index in [2.05, 4.69) is 53.8 Å². The summed E-state index contributed by atoms with van der Waals surface area (Å²) in [6.45, 7) is 3.00. The SMILES string of the molecule is COCCNCc1ccc(CNc2nc(NCc3ccc(OC)cc3)nc(NN3CC(=O)NC3=O)n2)cc1. The number of ether oxygens (including phenoxy) is 2. The smallest absolute Gasteiger partial charge is 0.343 e. The van der Waals surface area contributed by atoms with Gasteiger partial charge in [0.15, 0.2) is 0 Å². The summed E-state index contributed by atoms with van der Waals surface area (Å²) in [4.78, 5) is 36.7. The Morgan fingerprint density at radius 3 is 1.89 bits per heavy atom. The maximum Gasteiger partial charge on any atom is 0.343 e. The maximum atomic E-state index is 12.0. The van der Waals surface area contributed by atoms with E-state index in [4.69, 9.17) is 9.47 Å². The van der Waals surface area contributed by atoms with Gasteiger partial charge in [-0.3, -0.25) is 15.5 Å². The van der Waals surface area contributed by atoms with Gasteiger partial charge in [-0.25, -0.2) is 9.80 Å². The van der Waals surface area contributed by atoms with Crippen LogP contribution in [0.5, 0.6) is 5.75 Å². The van der Waals surface area contributed by atoms with Gasteiger partial charge < -0.3 is 25.4 Å². The molecule has 38 heavy (non-hydrogen) atoms. The number of nitrogens with one attached hydrogen (secondary N) is 5. The van der Waals surface area contributed by atoms with Crippen LogP contribution < -0.4 is 31.4 Å². The van der Waals surface area contributed by atoms with Crippen molar-refractivity contribution >= 4 is 29.8 Å². The zero-order valence-corrected chi connectivity index (χ0v) is 21.3. The number of hydrazine groups is 1. The van der Waals surface area contributed by atoms with E-state index in [1.54, 1.807) is 14.2 Å². The summed E-state index contributed by atoms with van der Waals surface area (Å²) in [5.74, 6) is 1.06. The second kappa shape index (κ2) is 13.2. The predicted molar refractivity (Wildman–Crippen MR) is 141 cm³/mol. The first-order valence-electron chi connectivity index (χ1n) is 12.0. The molecule has 1 aliphatic heterocycles. The molecule has 13 nitrogen and oxygen atoms in total. The van der Waals surface area contributed by atoms with Crippen molar-refractivity contribution in [1.29, 1.82) is 0 Å². The Hall–Kier alpha value is -4.49. The van der Waals surface area contributed by atoms with E-state index in [9.17, 15) is 9.59 Å². The molecule has 5 N–H and O–H groups in total. The Kier molecular flexibility index (Phi) is 9.21. The molecule has 1 aliphatic rings. The Labute approximate surface area is 220 Å². The van der Waals surface area contributed by atoms with E-state index in [1.807, 2.05) is 36.4 Å². The molecule has 0 atom stereocenters. The number of anilines is 3. The molecule has 4 rings (SSSR count). The Bertz CT molecular complexity index is 1220. The zero-order valence-electron chi connectivity index (χ0n) is 21.3. The van der Waals surface area contributed by atoms with Crippen molar-refractivity contribution in [3.63, 3.8) is 0 Å². The van der Waals surface area contributed by atoms with E-state index < -0.39 is 11.9 Å². The van der Waals surface area contributed by atoms with Gasteiger partial charge in [0.05, 0.1) is 13.7 Å². The van der Waals surface area contributed by atoms with Crippen molar-refractivity contribution in [2.75, 3.05) is 50.0 Å². The third kappa shape index (κ3) is 7.75. The van der Waals surface area contributed by atoms with E-state index in [1.165, 1.54) is 5.56 Å². The van der Waals surface area contributed by atoms with Gasteiger partial charge in [-0.1, -0.05) is 36.4 Å². The highest BCUT2D eigenvalue weighted by atomic mass is 16.5. The highest BCUT2D eigenvalue weighted by molar-refractivity contribution is 6.02. The van der Waals surface area contributed by atoms with E-state index >= 15 is 0 Å². The minimum absolute atomic E-state index is 0.113. The molecule has 0 aliphatic carbocycles. The van der Waals surface area contributed by atoms with Crippen molar-refractivity contribution < 1.29 is 19.1 Å². The predicted octanol–water partition coefficient (Wildman–Crippen LogP) is 1.72. The van der Waals surface area contributed by atoms with Gasteiger partial charge in [0, 0.05) is 33.3 Å². The number of amides is 3. The first-order chi connectivity index (χ1) is 18.5. The lowest BCUT2D eigenvalue weighted by Gasteiger charge is -2.16. The van der Waals surface area contributed by atoms with E-state index in [0.29, 0.717) is 31.6 Å². The average molecular weight is 522 g/mol. The Morgan fingerprint density at radius 1 is 0.816 bits per heavy atom. The monoisotopic (exact) mass is 521 g/mol. The molecule has 0 spiro atoms. The number of rotatable bonds is 14. The summed E-state index contributed by atoms with van der Waals surface area (Å²) < 4.78 is 10.2. The van der Waals surface area contributed by atoms with E-state index in [-0.39, 0.29) is 12.5 Å². The number of methoxy groups -OCH3 is 2. The second-order valence-corrected chi connectivity index (χ2v) is 8.40. The van der Waals surface area contributed by atoms with Crippen LogP contribution in [0, 0.1) is 0 Å². The Morgan fingerprint density at radius 2 is 1.37 bits per heavy atom. The number of carbonyl (C=O) groups excluding carboxylic acids is 2. The summed E-state index contributed by atoms with van der Waals surface area (Å²) in [7, 11) is 3.30. The van der Waals surface area contributed by atoms with Gasteiger partial charge in [0.1, 0.15) is 12.3 Å². The summed E-state index contributed by atoms with van der Waals surface area (Å²) in [6, 6.07) is 15.2. The molecule has 200 valence electrons. The number of nitrogens with zero attached hydrogens (tertiary/aromatic N) is 4. The highest BCUT2D eigenvalue weighted by Crippen LogP contribution is 2.16. The molecule has 2 aromatic carbocycles. The van der Waals surface area contributed by atoms with Gasteiger partial charge in [-0.05, 0) is 28.8 Å². The fourth-order valence-electron chi connectivity index (χ4n) is 3.52. The van der Waals surface area contributed by atoms with Gasteiger partial charge in [0.2, 0.25) is 23.8 Å². The highest BCUT2D eigenvalue weighted by Gasteiger charge is 2.27. The summed E-state index contributed by atoms with van der Waals surface area (Å²) >= 11 is 0. The minimum atomic E-state index is -0.575. The number of carbonyl (C=O) groups is 2. The molecule has 3 amide bonds. The van der Waals surface area contributed by atoms with Crippen LogP contribution in [0.15, 0.2) is 48.5 Å². The lowest BCUT2D eigenvalue weighted by atomic mass is 10.1. The third-order valence-electron chi connectivity index (χ3n) is 5.56. The minimum Gasteiger partial charge on any atom is -0.497 e. The molecule has 0 bridgehead atoms. The summed E-state index contributed by atoms with van der Waals surface area (Å²) in [5.41, 5.74) is 5.98. The summed E-state index contributed by atoms with van der Waals surface area (Å²) in [6.07, 6.45) is 0. The maximum absolute atomic E-state index is 12.0. The quantitative estimate of drug-likeness (QED) is 0.156. The average Bonchev–Trinajstić information content (AvgIpc) is 3.25. The second-order valence-electron chi connectivity index (χ2n) is 8.40. The number of hydrogen-bond acceptors (Lipinski definition) is 11. The molecule has 0 radical (unpaired) electrons. The van der Waals surface area contributed by atoms with Gasteiger partial charge in [-0.2, -0.15) is 15.0 Å². The Balaban J connectivity index is 1.42. The fourth-order valence-corrected chi connectivity index (χ4v) is 3.52. The number of aromatic nitrogens is 3. The molecule has 2 heterocycles. The molecular weight excluding hydrogens is 490 g/mol. The van der Waals surface area contributed by atoms with Crippen molar-refractivity contribution in [2.45, 2.75) is 19.6 Å². The van der Waals surface area contributed by atoms with Crippen LogP contribution in [0.2, 0.25) is 0 Å². The van der Waals surface area contributed by atoms with Crippen LogP contribution >= 0.6 is 0 Å². The van der Waals surface area contributed by atoms with Crippen LogP contribution in [-0.2, 0) is 29.2 Å². The van der Waals surface area contributed by atoms with Crippen molar-refractivity contribution in [2.24, 2.45) is 0 Å². The lowest BCUT2D eigenvalue weighted by molar-refractivity contribution is -0.118. The van der Waals surface area contributed by atoms with Gasteiger partial charge in [-0.15, -0.1) is 0 Å². The molecular formula is C25H31N9O4. The standard InChI is InChI=1S/C25H31N9O4/c1-37-12-11-26-13-17-3-5-18(6-4-17)14-27-22-30-23(28-15-19-7-9-20(38-2)10-8-19)32-24(31-22)33-34-16-21(35)29-25(34)36/h3-10,26H,11-16H2,1-2H3,(H,29,35,36)(H3,27,28,30,31,32,33). The number of benzene rings is 2. The number of imide groups is 1. The zero-order chi connectivity index (χ0) is 26.7. The number of hydrogen-bond donors (Lipinski definition) is 5. The largest absolute Gasteiger partial charge is 0.497 e. The first-order valence-corrected chi connectivity index (χ1v) is 12.0. The molecule has 1 saturated heterocycles. The van der Waals surface area contributed by atoms with Crippen molar-refractivity contribution in [3.8, 4) is 5.75 Å². The molecule has 3 aromatic rings. The first kappa shape index (κ1) is 26.6. The van der Waals surface area contributed by atoms with E-state index in [0.717, 1.165) is 35.0 Å². The lowest BCUT2D eigenvalue weighted by Crippen LogP contribution is -2.34. The van der Waals surface area contributed by atoms with Crippen LogP contribution in [0.4, 0.5) is 22.6 Å². The van der Waals surface area contributed by atoms with Crippen LogP contribution in [-0.4, -0.2) is 65.8 Å². The van der Waals surface area contributed by atoms with Crippen LogP contribution in [0.3, 0.4) is 0 Å². The van der Waals surface area contributed by atoms with Crippen LogP contribution in [0.25, 0.3) is 0 Å².